The summed E-state index contributed by atoms with van der Waals surface area (Å²) in [6, 6.07) is 10.3. The maximum absolute atomic E-state index is 13.8. The van der Waals surface area contributed by atoms with Crippen molar-refractivity contribution in [2.24, 2.45) is 4.99 Å². The van der Waals surface area contributed by atoms with E-state index in [1.54, 1.807) is 18.3 Å². The van der Waals surface area contributed by atoms with Crippen molar-refractivity contribution in [2.75, 3.05) is 12.4 Å². The van der Waals surface area contributed by atoms with Crippen LogP contribution in [-0.2, 0) is 10.3 Å². The predicted octanol–water partition coefficient (Wildman–Crippen LogP) is 4.44. The van der Waals surface area contributed by atoms with Crippen LogP contribution >= 0.6 is 0 Å². The van der Waals surface area contributed by atoms with E-state index < -0.39 is 5.54 Å². The van der Waals surface area contributed by atoms with Crippen molar-refractivity contribution in [3.05, 3.63) is 76.2 Å². The zero-order chi connectivity index (χ0) is 22.1. The Morgan fingerprint density at radius 2 is 1.84 bits per heavy atom. The zero-order valence-electron chi connectivity index (χ0n) is 18.2. The fourth-order valence-electron chi connectivity index (χ4n) is 4.92. The van der Waals surface area contributed by atoms with Gasteiger partial charge in [0.2, 0.25) is 0 Å². The number of nitrogens with zero attached hydrogens (tertiary/aromatic N) is 4. The number of amidine groups is 1. The lowest BCUT2D eigenvalue weighted by atomic mass is 9.79. The number of halogens is 1. The molecule has 1 spiro atoms. The van der Waals surface area contributed by atoms with Gasteiger partial charge in [0.15, 0.2) is 11.4 Å². The molecule has 2 aliphatic rings. The number of aromatic nitrogens is 2. The van der Waals surface area contributed by atoms with Crippen LogP contribution in [0.3, 0.4) is 0 Å². The molecule has 0 radical (unpaired) electrons. The van der Waals surface area contributed by atoms with E-state index in [0.717, 1.165) is 33.5 Å². The van der Waals surface area contributed by atoms with Gasteiger partial charge in [-0.2, -0.15) is 5.10 Å². The number of fused-ring (bicyclic) bond motifs is 4. The third kappa shape index (κ3) is 2.52. The smallest absolute Gasteiger partial charge is 0.260 e. The Morgan fingerprint density at radius 1 is 1.13 bits per heavy atom. The number of nitrogens with one attached hydrogen (secondary N) is 1. The lowest BCUT2D eigenvalue weighted by Gasteiger charge is -2.42. The summed E-state index contributed by atoms with van der Waals surface area (Å²) in [6.45, 7) is 8.10. The molecule has 1 N–H and O–H groups in total. The molecule has 2 aliphatic heterocycles. The highest BCUT2D eigenvalue weighted by molar-refractivity contribution is 6.15. The fraction of sp³-hybridized carbons (Fsp3) is 0.292. The monoisotopic (exact) mass is 417 g/mol. The van der Waals surface area contributed by atoms with E-state index in [1.807, 2.05) is 50.4 Å². The highest BCUT2D eigenvalue weighted by Gasteiger charge is 2.57. The van der Waals surface area contributed by atoms with Gasteiger partial charge in [-0.25, -0.2) is 14.1 Å². The van der Waals surface area contributed by atoms with Crippen molar-refractivity contribution in [1.82, 2.24) is 14.7 Å². The van der Waals surface area contributed by atoms with Crippen LogP contribution in [0.15, 0.2) is 47.6 Å². The van der Waals surface area contributed by atoms with Gasteiger partial charge in [0.05, 0.1) is 11.8 Å². The quantitative estimate of drug-likeness (QED) is 0.671. The van der Waals surface area contributed by atoms with Crippen LogP contribution in [0.25, 0.3) is 0 Å². The maximum Gasteiger partial charge on any atom is 0.260 e. The first kappa shape index (κ1) is 19.5. The van der Waals surface area contributed by atoms with Gasteiger partial charge in [0, 0.05) is 29.9 Å². The number of anilines is 1. The Morgan fingerprint density at radius 3 is 2.52 bits per heavy atom. The molecule has 1 aromatic heterocycles. The number of hydrogen-bond donors (Lipinski definition) is 1. The summed E-state index contributed by atoms with van der Waals surface area (Å²) >= 11 is 0. The summed E-state index contributed by atoms with van der Waals surface area (Å²) in [5.74, 6) is 0.784. The minimum atomic E-state index is -1.11. The molecule has 6 nitrogen and oxygen atoms in total. The van der Waals surface area contributed by atoms with E-state index in [2.05, 4.69) is 16.5 Å². The fourth-order valence-corrected chi connectivity index (χ4v) is 4.92. The number of hydrogen-bond acceptors (Lipinski definition) is 4. The SMILES string of the molecule is Cc1cc(C)c2c(c1)NC(=O)[C@@]21c2cnn(C(C)C)c2N=C(c2ccc(F)cc2)N1C. The number of aryl methyl sites for hydroxylation is 2. The molecule has 0 saturated heterocycles. The van der Waals surface area contributed by atoms with Crippen LogP contribution in [0, 0.1) is 19.7 Å². The Balaban J connectivity index is 1.86. The molecule has 7 heteroatoms. The predicted molar refractivity (Wildman–Crippen MR) is 118 cm³/mol. The molecule has 1 amide bonds. The lowest BCUT2D eigenvalue weighted by molar-refractivity contribution is -0.122. The standard InChI is InChI=1S/C24H24FN5O/c1-13(2)30-22-18(12-26-30)24(20-15(4)10-14(3)11-19(20)27-23(24)31)29(5)21(28-22)16-6-8-17(25)9-7-16/h6-13H,1-5H3,(H,27,31)/t24-/m1/s1. The Labute approximate surface area is 180 Å². The molecule has 31 heavy (non-hydrogen) atoms. The molecule has 3 aromatic rings. The van der Waals surface area contributed by atoms with Gasteiger partial charge in [-0.1, -0.05) is 6.07 Å². The first-order valence-electron chi connectivity index (χ1n) is 10.3. The van der Waals surface area contributed by atoms with Crippen LogP contribution in [0.1, 0.15) is 47.7 Å². The van der Waals surface area contributed by atoms with Crippen LogP contribution in [0.5, 0.6) is 0 Å². The molecule has 158 valence electrons. The molecule has 0 fully saturated rings. The molecule has 2 aromatic carbocycles. The number of rotatable bonds is 2. The van der Waals surface area contributed by atoms with Crippen LogP contribution in [-0.4, -0.2) is 33.5 Å². The summed E-state index contributed by atoms with van der Waals surface area (Å²) in [6.07, 6.45) is 1.75. The summed E-state index contributed by atoms with van der Waals surface area (Å²) in [5.41, 5.74) is 4.18. The largest absolute Gasteiger partial charge is 0.337 e. The minimum absolute atomic E-state index is 0.0606. The Kier molecular flexibility index (Phi) is 4.09. The highest BCUT2D eigenvalue weighted by atomic mass is 19.1. The number of benzene rings is 2. The summed E-state index contributed by atoms with van der Waals surface area (Å²) < 4.78 is 15.5. The summed E-state index contributed by atoms with van der Waals surface area (Å²) in [7, 11) is 1.87. The van der Waals surface area contributed by atoms with Gasteiger partial charge in [-0.3, -0.25) is 4.79 Å². The molecular formula is C24H24FN5O. The first-order valence-corrected chi connectivity index (χ1v) is 10.3. The second kappa shape index (κ2) is 6.51. The van der Waals surface area contributed by atoms with Crippen molar-refractivity contribution < 1.29 is 9.18 Å². The topological polar surface area (TPSA) is 62.5 Å². The van der Waals surface area contributed by atoms with E-state index in [4.69, 9.17) is 4.99 Å². The van der Waals surface area contributed by atoms with Crippen LogP contribution < -0.4 is 5.32 Å². The molecule has 0 saturated carbocycles. The second-order valence-electron chi connectivity index (χ2n) is 8.59. The minimum Gasteiger partial charge on any atom is -0.337 e. The average Bonchev–Trinajstić information content (AvgIpc) is 3.25. The van der Waals surface area contributed by atoms with Crippen molar-refractivity contribution in [3.63, 3.8) is 0 Å². The van der Waals surface area contributed by atoms with Gasteiger partial charge in [-0.05, 0) is 69.2 Å². The number of carbonyl (C=O) groups excluding carboxylic acids is 1. The summed E-state index contributed by atoms with van der Waals surface area (Å²) in [4.78, 5) is 20.6. The number of aliphatic imine (C=N–C) groups is 1. The lowest BCUT2D eigenvalue weighted by Crippen LogP contribution is -2.54. The molecule has 5 rings (SSSR count). The number of amides is 1. The Hall–Kier alpha value is -3.48. The van der Waals surface area contributed by atoms with Crippen molar-refractivity contribution >= 4 is 23.2 Å². The second-order valence-corrected chi connectivity index (χ2v) is 8.59. The molecule has 1 atom stereocenters. The van der Waals surface area contributed by atoms with Gasteiger partial charge in [0.1, 0.15) is 11.7 Å². The molecule has 0 bridgehead atoms. The highest BCUT2D eigenvalue weighted by Crippen LogP contribution is 2.52. The molecular weight excluding hydrogens is 393 g/mol. The molecule has 3 heterocycles. The average molecular weight is 417 g/mol. The van der Waals surface area contributed by atoms with Crippen LogP contribution in [0.4, 0.5) is 15.9 Å². The van der Waals surface area contributed by atoms with Gasteiger partial charge < -0.3 is 10.2 Å². The summed E-state index contributed by atoms with van der Waals surface area (Å²) in [5, 5.41) is 7.69. The van der Waals surface area contributed by atoms with Crippen molar-refractivity contribution in [3.8, 4) is 0 Å². The van der Waals surface area contributed by atoms with E-state index in [1.165, 1.54) is 12.1 Å². The van der Waals surface area contributed by atoms with E-state index in [-0.39, 0.29) is 17.8 Å². The van der Waals surface area contributed by atoms with Crippen molar-refractivity contribution in [1.29, 1.82) is 0 Å². The van der Waals surface area contributed by atoms with Gasteiger partial charge in [-0.15, -0.1) is 0 Å². The van der Waals surface area contributed by atoms with E-state index in [9.17, 15) is 9.18 Å². The van der Waals surface area contributed by atoms with Gasteiger partial charge >= 0.3 is 0 Å². The first-order chi connectivity index (χ1) is 14.7. The zero-order valence-corrected chi connectivity index (χ0v) is 18.2. The maximum atomic E-state index is 13.8. The molecule has 0 unspecified atom stereocenters. The normalized spacial score (nSPS) is 19.5. The third-order valence-electron chi connectivity index (χ3n) is 6.20. The van der Waals surface area contributed by atoms with Crippen molar-refractivity contribution in [2.45, 2.75) is 39.3 Å². The third-order valence-corrected chi connectivity index (χ3v) is 6.20. The van der Waals surface area contributed by atoms with E-state index in [0.29, 0.717) is 11.7 Å². The van der Waals surface area contributed by atoms with E-state index >= 15 is 0 Å². The molecule has 0 aliphatic carbocycles. The number of likely N-dealkylation sites (N-methyl/N-ethyl adjacent to an activating group) is 1. The Bertz CT molecular complexity index is 1260. The van der Waals surface area contributed by atoms with Crippen LogP contribution in [0.2, 0.25) is 0 Å². The number of carbonyl (C=O) groups is 1. The van der Waals surface area contributed by atoms with Gasteiger partial charge in [0.25, 0.3) is 5.91 Å².